The molecule has 2 atom stereocenters. The number of rotatable bonds is 7. The second-order valence-corrected chi connectivity index (χ2v) is 8.88. The van der Waals surface area contributed by atoms with Crippen molar-refractivity contribution in [3.8, 4) is 5.69 Å². The Labute approximate surface area is 178 Å². The van der Waals surface area contributed by atoms with Crippen LogP contribution >= 0.6 is 0 Å². The average Bonchev–Trinajstić information content (AvgIpc) is 3.38. The molecule has 0 radical (unpaired) electrons. The Morgan fingerprint density at radius 1 is 1.00 bits per heavy atom. The first kappa shape index (κ1) is 19.5. The fourth-order valence-electron chi connectivity index (χ4n) is 5.26. The summed E-state index contributed by atoms with van der Waals surface area (Å²) in [6, 6.07) is 18.9. The Morgan fingerprint density at radius 2 is 1.77 bits per heavy atom. The highest BCUT2D eigenvalue weighted by molar-refractivity contribution is 5.53. The topological polar surface area (TPSA) is 47.3 Å². The van der Waals surface area contributed by atoms with E-state index in [0.29, 0.717) is 18.4 Å². The highest BCUT2D eigenvalue weighted by Crippen LogP contribution is 2.42. The van der Waals surface area contributed by atoms with E-state index in [4.69, 9.17) is 4.74 Å². The van der Waals surface area contributed by atoms with Crippen LogP contribution in [0.15, 0.2) is 67.1 Å². The monoisotopic (exact) mass is 402 g/mol. The van der Waals surface area contributed by atoms with Gasteiger partial charge in [0, 0.05) is 18.7 Å². The van der Waals surface area contributed by atoms with E-state index >= 15 is 0 Å². The summed E-state index contributed by atoms with van der Waals surface area (Å²) >= 11 is 0. The molecule has 1 aliphatic carbocycles. The van der Waals surface area contributed by atoms with Crippen molar-refractivity contribution in [1.29, 1.82) is 0 Å². The standard InChI is InChI=1S/C26H30N2O2/c29-26(14-23-22-8-4-5-9-24(22)28-18-27-15-25(23)28)21-12-10-20(11-13-21)17-30-16-19-6-2-1-3-7-19/h1-9,15,18,20-21,23,26,29H,10-14,16-17H2. The lowest BCUT2D eigenvalue weighted by molar-refractivity contribution is 0.0328. The van der Waals surface area contributed by atoms with Crippen LogP contribution < -0.4 is 0 Å². The molecule has 3 aromatic rings. The number of aliphatic hydroxyl groups is 1. The highest BCUT2D eigenvalue weighted by atomic mass is 16.5. The maximum atomic E-state index is 11.1. The smallest absolute Gasteiger partial charge is 0.0994 e. The Balaban J connectivity index is 1.13. The van der Waals surface area contributed by atoms with Gasteiger partial charge in [0.15, 0.2) is 0 Å². The lowest BCUT2D eigenvalue weighted by atomic mass is 9.77. The van der Waals surface area contributed by atoms with Gasteiger partial charge in [-0.1, -0.05) is 48.5 Å². The Morgan fingerprint density at radius 3 is 2.60 bits per heavy atom. The predicted molar refractivity (Wildman–Crippen MR) is 118 cm³/mol. The molecule has 1 aliphatic heterocycles. The van der Waals surface area contributed by atoms with Gasteiger partial charge in [0.1, 0.15) is 0 Å². The molecule has 0 amide bonds. The summed E-state index contributed by atoms with van der Waals surface area (Å²) in [5.74, 6) is 1.25. The van der Waals surface area contributed by atoms with E-state index in [-0.39, 0.29) is 12.0 Å². The fraction of sp³-hybridized carbons (Fsp3) is 0.423. The molecular formula is C26H30N2O2. The van der Waals surface area contributed by atoms with Crippen LogP contribution in [0, 0.1) is 11.8 Å². The third-order valence-electron chi connectivity index (χ3n) is 6.97. The number of benzene rings is 2. The number of fused-ring (bicyclic) bond motifs is 3. The zero-order valence-electron chi connectivity index (χ0n) is 17.4. The van der Waals surface area contributed by atoms with E-state index in [0.717, 1.165) is 38.7 Å². The second-order valence-electron chi connectivity index (χ2n) is 8.88. The predicted octanol–water partition coefficient (Wildman–Crippen LogP) is 5.09. The molecule has 0 bridgehead atoms. The SMILES string of the molecule is OC(CC1c2ccccc2-n2cncc21)C1CCC(COCc2ccccc2)CC1. The maximum Gasteiger partial charge on any atom is 0.0994 e. The highest BCUT2D eigenvalue weighted by Gasteiger charge is 2.34. The summed E-state index contributed by atoms with van der Waals surface area (Å²) in [6.07, 6.45) is 8.84. The number of ether oxygens (including phenoxy) is 1. The van der Waals surface area contributed by atoms with Crippen molar-refractivity contribution < 1.29 is 9.84 Å². The number of para-hydroxylation sites is 1. The number of imidazole rings is 1. The Hall–Kier alpha value is -2.43. The van der Waals surface area contributed by atoms with Crippen molar-refractivity contribution in [2.45, 2.75) is 50.7 Å². The first-order valence-electron chi connectivity index (χ1n) is 11.2. The zero-order valence-corrected chi connectivity index (χ0v) is 17.4. The normalized spacial score (nSPS) is 23.7. The van der Waals surface area contributed by atoms with Crippen LogP contribution in [0.3, 0.4) is 0 Å². The van der Waals surface area contributed by atoms with Crippen molar-refractivity contribution in [3.05, 3.63) is 83.9 Å². The number of hydrogen-bond acceptors (Lipinski definition) is 3. The molecule has 0 saturated heterocycles. The van der Waals surface area contributed by atoms with Crippen LogP contribution in [-0.4, -0.2) is 27.4 Å². The van der Waals surface area contributed by atoms with Crippen molar-refractivity contribution in [2.75, 3.05) is 6.61 Å². The molecule has 1 saturated carbocycles. The minimum Gasteiger partial charge on any atom is -0.393 e. The lowest BCUT2D eigenvalue weighted by Crippen LogP contribution is -2.28. The lowest BCUT2D eigenvalue weighted by Gasteiger charge is -2.32. The van der Waals surface area contributed by atoms with Crippen molar-refractivity contribution >= 4 is 0 Å². The molecule has 2 aromatic carbocycles. The summed E-state index contributed by atoms with van der Waals surface area (Å²) in [5.41, 5.74) is 4.97. The van der Waals surface area contributed by atoms with Crippen molar-refractivity contribution in [3.63, 3.8) is 0 Å². The van der Waals surface area contributed by atoms with Gasteiger partial charge >= 0.3 is 0 Å². The maximum absolute atomic E-state index is 11.1. The van der Waals surface area contributed by atoms with E-state index in [1.54, 1.807) is 0 Å². The van der Waals surface area contributed by atoms with E-state index < -0.39 is 0 Å². The van der Waals surface area contributed by atoms with Crippen molar-refractivity contribution in [2.24, 2.45) is 11.8 Å². The fourth-order valence-corrected chi connectivity index (χ4v) is 5.26. The second kappa shape index (κ2) is 8.75. The van der Waals surface area contributed by atoms with E-state index in [2.05, 4.69) is 58.1 Å². The van der Waals surface area contributed by atoms with E-state index in [1.807, 2.05) is 18.6 Å². The third-order valence-corrected chi connectivity index (χ3v) is 6.97. The van der Waals surface area contributed by atoms with Gasteiger partial charge < -0.3 is 14.4 Å². The molecule has 4 nitrogen and oxygen atoms in total. The molecule has 30 heavy (non-hydrogen) atoms. The van der Waals surface area contributed by atoms with Gasteiger partial charge in [0.25, 0.3) is 0 Å². The number of aliphatic hydroxyl groups excluding tert-OH is 1. The molecular weight excluding hydrogens is 372 g/mol. The number of hydrogen-bond donors (Lipinski definition) is 1. The van der Waals surface area contributed by atoms with Crippen LogP contribution in [0.1, 0.15) is 54.8 Å². The molecule has 4 heteroatoms. The van der Waals surface area contributed by atoms with Gasteiger partial charge in [-0.05, 0) is 61.1 Å². The minimum absolute atomic E-state index is 0.241. The van der Waals surface area contributed by atoms with Crippen LogP contribution in [0.4, 0.5) is 0 Å². The number of aromatic nitrogens is 2. The minimum atomic E-state index is -0.268. The Kier molecular flexibility index (Phi) is 5.69. The first-order valence-corrected chi connectivity index (χ1v) is 11.2. The first-order chi connectivity index (χ1) is 14.8. The molecule has 1 N–H and O–H groups in total. The summed E-state index contributed by atoms with van der Waals surface area (Å²) in [4.78, 5) is 4.34. The van der Waals surface area contributed by atoms with Gasteiger partial charge in [0.2, 0.25) is 0 Å². The molecule has 2 heterocycles. The third kappa shape index (κ3) is 3.94. The van der Waals surface area contributed by atoms with E-state index in [1.165, 1.54) is 22.5 Å². The molecule has 1 aromatic heterocycles. The molecule has 1 fully saturated rings. The largest absolute Gasteiger partial charge is 0.393 e. The summed E-state index contributed by atoms with van der Waals surface area (Å²) in [5, 5.41) is 11.1. The summed E-state index contributed by atoms with van der Waals surface area (Å²) in [6.45, 7) is 1.52. The van der Waals surface area contributed by atoms with E-state index in [9.17, 15) is 5.11 Å². The average molecular weight is 403 g/mol. The zero-order chi connectivity index (χ0) is 20.3. The van der Waals surface area contributed by atoms with Crippen molar-refractivity contribution in [1.82, 2.24) is 9.55 Å². The summed E-state index contributed by atoms with van der Waals surface area (Å²) in [7, 11) is 0. The van der Waals surface area contributed by atoms with Gasteiger partial charge in [-0.3, -0.25) is 0 Å². The van der Waals surface area contributed by atoms with Crippen LogP contribution in [0.2, 0.25) is 0 Å². The number of nitrogens with zero attached hydrogens (tertiary/aromatic N) is 2. The molecule has 2 unspecified atom stereocenters. The van der Waals surface area contributed by atoms with Crippen LogP contribution in [0.5, 0.6) is 0 Å². The Bertz CT molecular complexity index is 960. The van der Waals surface area contributed by atoms with Crippen LogP contribution in [-0.2, 0) is 11.3 Å². The summed E-state index contributed by atoms with van der Waals surface area (Å²) < 4.78 is 8.13. The van der Waals surface area contributed by atoms with Gasteiger partial charge in [-0.15, -0.1) is 0 Å². The van der Waals surface area contributed by atoms with Crippen LogP contribution in [0.25, 0.3) is 5.69 Å². The molecule has 2 aliphatic rings. The van der Waals surface area contributed by atoms with Gasteiger partial charge in [-0.25, -0.2) is 4.98 Å². The molecule has 156 valence electrons. The van der Waals surface area contributed by atoms with Gasteiger partial charge in [-0.2, -0.15) is 0 Å². The molecule has 0 spiro atoms. The quantitative estimate of drug-likeness (QED) is 0.599. The molecule has 5 rings (SSSR count). The van der Waals surface area contributed by atoms with Gasteiger partial charge in [0.05, 0.1) is 30.4 Å².